The van der Waals surface area contributed by atoms with Crippen LogP contribution in [0, 0.1) is 22.7 Å². The number of ether oxygens (including phenoxy) is 2. The number of nitrogens with zero attached hydrogens (tertiary/aromatic N) is 7. The Morgan fingerprint density at radius 2 is 1.23 bits per heavy atom. The van der Waals surface area contributed by atoms with Crippen molar-refractivity contribution in [3.05, 3.63) is 102 Å². The highest BCUT2D eigenvalue weighted by atomic mass is 127. The second-order valence-corrected chi connectivity index (χ2v) is 11.5. The van der Waals surface area contributed by atoms with Gasteiger partial charge in [-0.3, -0.25) is 14.2 Å². The van der Waals surface area contributed by atoms with Gasteiger partial charge in [0.05, 0.1) is 31.5 Å². The smallest absolute Gasteiger partial charge is 0.431 e. The molecule has 276 valence electrons. The Bertz CT molecular complexity index is 2600. The Morgan fingerprint density at radius 1 is 0.755 bits per heavy atom. The second-order valence-electron chi connectivity index (χ2n) is 9.93. The molecular weight excluding hydrogens is 873 g/mol. The molecule has 0 aliphatic carbocycles. The molecule has 0 fully saturated rings. The number of benzene rings is 2. The first-order valence-electron chi connectivity index (χ1n) is 14.1. The number of nitriles is 2. The van der Waals surface area contributed by atoms with Gasteiger partial charge in [-0.05, 0) is 64.4 Å². The van der Waals surface area contributed by atoms with Gasteiger partial charge < -0.3 is 14.5 Å². The lowest BCUT2D eigenvalue weighted by Gasteiger charge is -2.14. The molecule has 6 rings (SSSR count). The molecule has 4 aromatic heterocycles. The molecule has 0 saturated carbocycles. The van der Waals surface area contributed by atoms with E-state index in [0.29, 0.717) is 46.0 Å². The second kappa shape index (κ2) is 16.4. The molecule has 0 amide bonds. The Hall–Kier alpha value is -5.53. The maximum Gasteiger partial charge on any atom is 0.431 e. The van der Waals surface area contributed by atoms with E-state index in [1.54, 1.807) is 29.3 Å². The highest BCUT2D eigenvalue weighted by Gasteiger charge is 2.35. The van der Waals surface area contributed by atoms with E-state index in [1.807, 2.05) is 4.93 Å². The molecule has 0 bridgehead atoms. The first-order chi connectivity index (χ1) is 25.0. The minimum absolute atomic E-state index is 0.0504. The number of aromatic nitrogens is 6. The zero-order valence-corrected chi connectivity index (χ0v) is 30.4. The fraction of sp³-hybridized carbons (Fsp3) is 0.200. The molecule has 53 heavy (non-hydrogen) atoms. The van der Waals surface area contributed by atoms with E-state index in [9.17, 15) is 45.5 Å². The van der Waals surface area contributed by atoms with Crippen molar-refractivity contribution in [1.82, 2.24) is 27.4 Å². The summed E-state index contributed by atoms with van der Waals surface area (Å²) in [5.74, 6) is 0.282. The summed E-state index contributed by atoms with van der Waals surface area (Å²) in [5, 5.41) is 18.0. The van der Waals surface area contributed by atoms with Crippen LogP contribution in [0.15, 0.2) is 67.7 Å². The van der Waals surface area contributed by atoms with E-state index in [1.165, 1.54) is 24.3 Å². The summed E-state index contributed by atoms with van der Waals surface area (Å²) >= 11 is 4.31. The van der Waals surface area contributed by atoms with Crippen molar-refractivity contribution in [3.8, 4) is 35.3 Å². The van der Waals surface area contributed by atoms with Crippen molar-refractivity contribution < 1.29 is 35.8 Å². The van der Waals surface area contributed by atoms with E-state index in [0.717, 1.165) is 30.1 Å². The lowest BCUT2D eigenvalue weighted by Crippen LogP contribution is -2.40. The monoisotopic (exact) mass is 892 g/mol. The first kappa shape index (κ1) is 40.2. The fourth-order valence-electron chi connectivity index (χ4n) is 4.52. The molecule has 0 radical (unpaired) electrons. The van der Waals surface area contributed by atoms with Crippen LogP contribution in [0.3, 0.4) is 0 Å². The lowest BCUT2D eigenvalue weighted by molar-refractivity contribution is -0.144. The maximum atomic E-state index is 12.9. The van der Waals surface area contributed by atoms with Crippen LogP contribution < -0.4 is 32.0 Å². The van der Waals surface area contributed by atoms with Crippen LogP contribution in [0.2, 0.25) is 0 Å². The molecule has 23 heteroatoms. The zero-order chi connectivity index (χ0) is 39.2. The van der Waals surface area contributed by atoms with Gasteiger partial charge in [-0.1, -0.05) is 22.6 Å². The van der Waals surface area contributed by atoms with Crippen molar-refractivity contribution in [2.75, 3.05) is 18.1 Å². The third-order valence-corrected chi connectivity index (χ3v) is 8.37. The summed E-state index contributed by atoms with van der Waals surface area (Å²) in [5.41, 5.74) is -7.22. The van der Waals surface area contributed by atoms with Gasteiger partial charge in [0.25, 0.3) is 11.1 Å². The summed E-state index contributed by atoms with van der Waals surface area (Å²) in [6.07, 6.45) is -9.66. The number of halogens is 7. The molecule has 6 aromatic rings. The van der Waals surface area contributed by atoms with E-state index in [-0.39, 0.29) is 36.3 Å². The number of alkyl halides is 7. The minimum atomic E-state index is -4.84. The molecule has 1 N–H and O–H groups in total. The third-order valence-electron chi connectivity index (χ3n) is 6.75. The van der Waals surface area contributed by atoms with E-state index >= 15 is 0 Å². The van der Waals surface area contributed by atoms with Crippen molar-refractivity contribution in [3.63, 3.8) is 0 Å². The standard InChI is InChI=1S/C15H9F3N4O3S.C14H7F3N4O3S.CH3I/c1-21-11(15(16,17)18)7-12(23)22(14(21)24)8-2-3-10-9(6-8)13(20-26-10)25-5-4-19;15-14(16,17)10-6-11(22)21(13(23)19-10)7-1-2-9-8(5-7)12(20-25-9)24-4-3-18;1-2/h2-3,6-7H,5H2,1H3;1-2,5-6H,4H2,(H,19,23);1H3. The van der Waals surface area contributed by atoms with E-state index in [2.05, 4.69) is 31.3 Å². The number of H-pyrrole nitrogens is 1. The van der Waals surface area contributed by atoms with Crippen LogP contribution in [0.4, 0.5) is 26.3 Å². The molecule has 0 aliphatic heterocycles. The summed E-state index contributed by atoms with van der Waals surface area (Å²) in [4.78, 5) is 52.0. The van der Waals surface area contributed by atoms with Crippen molar-refractivity contribution in [2.24, 2.45) is 7.05 Å². The van der Waals surface area contributed by atoms with Crippen LogP contribution in [0.1, 0.15) is 11.4 Å². The van der Waals surface area contributed by atoms with Gasteiger partial charge in [0.15, 0.2) is 13.2 Å². The van der Waals surface area contributed by atoms with Gasteiger partial charge >= 0.3 is 23.7 Å². The SMILES string of the molecule is CI.Cn1c(C(F)(F)F)cc(=O)n(-c2ccc3snc(OCC#N)c3c2)c1=O.N#CCOc1nsc2ccc(-n3c(=O)cc(C(F)(F)F)[nH]c3=O)cc12. The Morgan fingerprint density at radius 3 is 1.66 bits per heavy atom. The van der Waals surface area contributed by atoms with Gasteiger partial charge in [-0.15, -0.1) is 0 Å². The predicted molar refractivity (Wildman–Crippen MR) is 188 cm³/mol. The highest BCUT2D eigenvalue weighted by molar-refractivity contribution is 14.1. The largest absolute Gasteiger partial charge is 0.461 e. The summed E-state index contributed by atoms with van der Waals surface area (Å²) < 4.78 is 97.9. The van der Waals surface area contributed by atoms with Gasteiger partial charge in [0, 0.05) is 19.2 Å². The van der Waals surface area contributed by atoms with E-state index < -0.39 is 46.2 Å². The molecular formula is C30H19F6IN8O6S2. The number of fused-ring (bicyclic) bond motifs is 2. The minimum Gasteiger partial charge on any atom is -0.461 e. The first-order valence-corrected chi connectivity index (χ1v) is 17.8. The Labute approximate surface area is 312 Å². The topological polar surface area (TPSA) is 191 Å². The molecule has 4 heterocycles. The zero-order valence-electron chi connectivity index (χ0n) is 26.6. The van der Waals surface area contributed by atoms with Crippen LogP contribution in [0.5, 0.6) is 11.8 Å². The number of hydrogen-bond donors (Lipinski definition) is 1. The Kier molecular flexibility index (Phi) is 12.5. The molecule has 0 atom stereocenters. The van der Waals surface area contributed by atoms with Gasteiger partial charge in [-0.25, -0.2) is 18.7 Å². The quantitative estimate of drug-likeness (QED) is 0.133. The number of nitrogens with one attached hydrogen (secondary N) is 1. The summed E-state index contributed by atoms with van der Waals surface area (Å²) in [6, 6.07) is 13.0. The molecule has 0 saturated heterocycles. The third kappa shape index (κ3) is 8.75. The predicted octanol–water partition coefficient (Wildman–Crippen LogP) is 5.17. The van der Waals surface area contributed by atoms with Gasteiger partial charge in [0.2, 0.25) is 11.8 Å². The van der Waals surface area contributed by atoms with Crippen LogP contribution in [-0.2, 0) is 19.4 Å². The van der Waals surface area contributed by atoms with Crippen LogP contribution in [-0.4, -0.2) is 45.6 Å². The summed E-state index contributed by atoms with van der Waals surface area (Å²) in [7, 11) is 0.938. The summed E-state index contributed by atoms with van der Waals surface area (Å²) in [6.45, 7) is -0.491. The number of hydrogen-bond acceptors (Lipinski definition) is 12. The molecule has 2 aromatic carbocycles. The van der Waals surface area contributed by atoms with Gasteiger partial charge in [-0.2, -0.15) is 45.6 Å². The number of rotatable bonds is 6. The molecule has 0 unspecified atom stereocenters. The molecule has 0 spiro atoms. The normalized spacial score (nSPS) is 11.2. The average molecular weight is 893 g/mol. The van der Waals surface area contributed by atoms with Crippen molar-refractivity contribution in [2.45, 2.75) is 12.4 Å². The maximum absolute atomic E-state index is 12.9. The molecule has 0 aliphatic rings. The van der Waals surface area contributed by atoms with Gasteiger partial charge in [0.1, 0.15) is 23.5 Å². The van der Waals surface area contributed by atoms with Crippen molar-refractivity contribution >= 4 is 65.8 Å². The van der Waals surface area contributed by atoms with E-state index in [4.69, 9.17) is 20.0 Å². The Balaban J connectivity index is 0.000000226. The van der Waals surface area contributed by atoms with Crippen LogP contribution >= 0.6 is 45.7 Å². The lowest BCUT2D eigenvalue weighted by atomic mass is 10.2. The van der Waals surface area contributed by atoms with Crippen molar-refractivity contribution in [1.29, 1.82) is 10.5 Å². The van der Waals surface area contributed by atoms with Crippen LogP contribution in [0.25, 0.3) is 31.5 Å². The fourth-order valence-corrected chi connectivity index (χ4v) is 5.94. The highest BCUT2D eigenvalue weighted by Crippen LogP contribution is 2.32. The average Bonchev–Trinajstić information content (AvgIpc) is 3.71. The molecule has 14 nitrogen and oxygen atoms in total. The number of aromatic amines is 1.